The van der Waals surface area contributed by atoms with E-state index < -0.39 is 4.92 Å². The third-order valence-corrected chi connectivity index (χ3v) is 4.37. The lowest BCUT2D eigenvalue weighted by molar-refractivity contribution is -0.384. The van der Waals surface area contributed by atoms with Crippen LogP contribution in [0, 0.1) is 10.1 Å². The average molecular weight is 398 g/mol. The Hall–Kier alpha value is -4.33. The summed E-state index contributed by atoms with van der Waals surface area (Å²) >= 11 is 0. The number of nitro benzene ring substituents is 1. The van der Waals surface area contributed by atoms with E-state index in [4.69, 9.17) is 5.10 Å². The van der Waals surface area contributed by atoms with Crippen molar-refractivity contribution in [3.8, 4) is 11.3 Å². The number of non-ortho nitro benzene ring substituents is 1. The van der Waals surface area contributed by atoms with Gasteiger partial charge in [0.05, 0.1) is 23.4 Å². The Kier molecular flexibility index (Phi) is 5.56. The first-order chi connectivity index (χ1) is 14.7. The van der Waals surface area contributed by atoms with Crippen LogP contribution in [0.3, 0.4) is 0 Å². The molecule has 0 saturated heterocycles. The second-order valence-corrected chi connectivity index (χ2v) is 6.54. The van der Waals surface area contributed by atoms with Crippen LogP contribution in [0.15, 0.2) is 90.4 Å². The summed E-state index contributed by atoms with van der Waals surface area (Å²) in [6.07, 6.45) is 7.02. The van der Waals surface area contributed by atoms with Crippen molar-refractivity contribution in [2.75, 3.05) is 5.43 Å². The summed E-state index contributed by atoms with van der Waals surface area (Å²) < 4.78 is 1.85. The van der Waals surface area contributed by atoms with Gasteiger partial charge < -0.3 is 0 Å². The molecule has 4 rings (SSSR count). The molecular formula is C22H18N6O2. The molecule has 2 heterocycles. The molecule has 0 atom stereocenters. The number of aromatic nitrogens is 3. The summed E-state index contributed by atoms with van der Waals surface area (Å²) in [5, 5.41) is 19.9. The Morgan fingerprint density at radius 2 is 1.97 bits per heavy atom. The van der Waals surface area contributed by atoms with E-state index >= 15 is 0 Å². The third-order valence-electron chi connectivity index (χ3n) is 4.37. The number of anilines is 1. The summed E-state index contributed by atoms with van der Waals surface area (Å²) in [6, 6.07) is 20.0. The Bertz CT molecular complexity index is 1170. The summed E-state index contributed by atoms with van der Waals surface area (Å²) in [7, 11) is 0. The second kappa shape index (κ2) is 8.78. The topological polar surface area (TPSA) is 98.2 Å². The van der Waals surface area contributed by atoms with Crippen LogP contribution in [0.1, 0.15) is 11.1 Å². The standard InChI is InChI=1S/C22H18N6O2/c29-28(30)21-10-4-9-20(12-21)25-24-14-19-16-27(15-17-6-2-1-3-7-17)26-22(19)18-8-5-11-23-13-18/h1-14,16,25H,15H2/b24-14-. The fraction of sp³-hybridized carbons (Fsp3) is 0.0455. The average Bonchev–Trinajstić information content (AvgIpc) is 3.17. The van der Waals surface area contributed by atoms with E-state index in [9.17, 15) is 10.1 Å². The fourth-order valence-electron chi connectivity index (χ4n) is 2.98. The van der Waals surface area contributed by atoms with E-state index in [2.05, 4.69) is 15.5 Å². The number of hydrogen-bond donors (Lipinski definition) is 1. The highest BCUT2D eigenvalue weighted by Crippen LogP contribution is 2.21. The van der Waals surface area contributed by atoms with Gasteiger partial charge in [0.25, 0.3) is 5.69 Å². The number of benzene rings is 2. The van der Waals surface area contributed by atoms with Gasteiger partial charge in [0, 0.05) is 41.9 Å². The zero-order valence-electron chi connectivity index (χ0n) is 15.9. The van der Waals surface area contributed by atoms with Crippen molar-refractivity contribution in [2.45, 2.75) is 6.54 Å². The van der Waals surface area contributed by atoms with Gasteiger partial charge in [0.2, 0.25) is 0 Å². The molecule has 0 aliphatic carbocycles. The molecule has 0 radical (unpaired) electrons. The molecule has 30 heavy (non-hydrogen) atoms. The summed E-state index contributed by atoms with van der Waals surface area (Å²) in [5.74, 6) is 0. The number of nitrogens with zero attached hydrogens (tertiary/aromatic N) is 5. The maximum atomic E-state index is 10.9. The number of hydrazone groups is 1. The van der Waals surface area contributed by atoms with Crippen LogP contribution in [-0.2, 0) is 6.54 Å². The van der Waals surface area contributed by atoms with Crippen molar-refractivity contribution in [3.05, 3.63) is 107 Å². The molecule has 0 bridgehead atoms. The molecule has 0 aliphatic rings. The van der Waals surface area contributed by atoms with Crippen molar-refractivity contribution >= 4 is 17.6 Å². The minimum atomic E-state index is -0.441. The van der Waals surface area contributed by atoms with Crippen LogP contribution in [0.4, 0.5) is 11.4 Å². The lowest BCUT2D eigenvalue weighted by Crippen LogP contribution is -2.00. The van der Waals surface area contributed by atoms with E-state index in [0.29, 0.717) is 12.2 Å². The van der Waals surface area contributed by atoms with Crippen LogP contribution in [0.2, 0.25) is 0 Å². The van der Waals surface area contributed by atoms with E-state index in [1.807, 2.05) is 53.3 Å². The van der Waals surface area contributed by atoms with Crippen LogP contribution in [-0.4, -0.2) is 25.9 Å². The minimum absolute atomic E-state index is 0.00179. The Labute approximate surface area is 172 Å². The molecule has 0 saturated carbocycles. The molecule has 148 valence electrons. The van der Waals surface area contributed by atoms with E-state index in [1.54, 1.807) is 30.7 Å². The molecule has 0 fully saturated rings. The highest BCUT2D eigenvalue weighted by molar-refractivity contribution is 5.88. The molecule has 2 aromatic heterocycles. The zero-order valence-corrected chi connectivity index (χ0v) is 15.9. The monoisotopic (exact) mass is 398 g/mol. The molecule has 8 heteroatoms. The molecule has 1 N–H and O–H groups in total. The quantitative estimate of drug-likeness (QED) is 0.284. The predicted octanol–water partition coefficient (Wildman–Crippen LogP) is 4.35. The maximum absolute atomic E-state index is 10.9. The number of hydrogen-bond acceptors (Lipinski definition) is 6. The first-order valence-corrected chi connectivity index (χ1v) is 9.24. The highest BCUT2D eigenvalue weighted by Gasteiger charge is 2.11. The van der Waals surface area contributed by atoms with Gasteiger partial charge in [-0.15, -0.1) is 0 Å². The normalized spacial score (nSPS) is 10.9. The number of rotatable bonds is 7. The zero-order chi connectivity index (χ0) is 20.8. The van der Waals surface area contributed by atoms with Crippen molar-refractivity contribution in [3.63, 3.8) is 0 Å². The van der Waals surface area contributed by atoms with Crippen molar-refractivity contribution < 1.29 is 4.92 Å². The third kappa shape index (κ3) is 4.56. The lowest BCUT2D eigenvalue weighted by Gasteiger charge is -2.01. The molecule has 0 amide bonds. The highest BCUT2D eigenvalue weighted by atomic mass is 16.6. The van der Waals surface area contributed by atoms with Crippen molar-refractivity contribution in [1.29, 1.82) is 0 Å². The first-order valence-electron chi connectivity index (χ1n) is 9.24. The van der Waals surface area contributed by atoms with Gasteiger partial charge in [-0.1, -0.05) is 36.4 Å². The van der Waals surface area contributed by atoms with Crippen LogP contribution >= 0.6 is 0 Å². The molecule has 4 aromatic rings. The second-order valence-electron chi connectivity index (χ2n) is 6.54. The van der Waals surface area contributed by atoms with Gasteiger partial charge in [-0.2, -0.15) is 10.2 Å². The Morgan fingerprint density at radius 1 is 1.10 bits per heavy atom. The smallest absolute Gasteiger partial charge is 0.271 e. The van der Waals surface area contributed by atoms with Crippen LogP contribution in [0.5, 0.6) is 0 Å². The molecule has 0 unspecified atom stereocenters. The largest absolute Gasteiger partial charge is 0.278 e. The summed E-state index contributed by atoms with van der Waals surface area (Å²) in [4.78, 5) is 14.7. The van der Waals surface area contributed by atoms with E-state index in [1.165, 1.54) is 12.1 Å². The predicted molar refractivity (Wildman–Crippen MR) is 115 cm³/mol. The number of pyridine rings is 1. The molecular weight excluding hydrogens is 380 g/mol. The van der Waals surface area contributed by atoms with Gasteiger partial charge in [-0.3, -0.25) is 25.2 Å². The van der Waals surface area contributed by atoms with Crippen molar-refractivity contribution in [1.82, 2.24) is 14.8 Å². The SMILES string of the molecule is O=[N+]([O-])c1cccc(N/N=C\c2cn(Cc3ccccc3)nc2-c2cccnc2)c1. The Morgan fingerprint density at radius 3 is 2.73 bits per heavy atom. The fourth-order valence-corrected chi connectivity index (χ4v) is 2.98. The van der Waals surface area contributed by atoms with Gasteiger partial charge in [0.15, 0.2) is 0 Å². The Balaban J connectivity index is 1.60. The molecule has 8 nitrogen and oxygen atoms in total. The molecule has 2 aromatic carbocycles. The lowest BCUT2D eigenvalue weighted by atomic mass is 10.1. The first kappa shape index (κ1) is 19.0. The van der Waals surface area contributed by atoms with Crippen LogP contribution in [0.25, 0.3) is 11.3 Å². The summed E-state index contributed by atoms with van der Waals surface area (Å²) in [5.41, 5.74) is 6.94. The summed E-state index contributed by atoms with van der Waals surface area (Å²) in [6.45, 7) is 0.625. The van der Waals surface area contributed by atoms with Crippen molar-refractivity contribution in [2.24, 2.45) is 5.10 Å². The van der Waals surface area contributed by atoms with Gasteiger partial charge in [-0.05, 0) is 23.8 Å². The van der Waals surface area contributed by atoms with Gasteiger partial charge >= 0.3 is 0 Å². The van der Waals surface area contributed by atoms with Gasteiger partial charge in [-0.25, -0.2) is 0 Å². The molecule has 0 aliphatic heterocycles. The number of nitrogens with one attached hydrogen (secondary N) is 1. The van der Waals surface area contributed by atoms with Gasteiger partial charge in [0.1, 0.15) is 5.69 Å². The van der Waals surface area contributed by atoms with E-state index in [0.717, 1.165) is 22.4 Å². The van der Waals surface area contributed by atoms with E-state index in [-0.39, 0.29) is 5.69 Å². The molecule has 0 spiro atoms. The minimum Gasteiger partial charge on any atom is -0.278 e. The number of nitro groups is 1. The maximum Gasteiger partial charge on any atom is 0.271 e. The van der Waals surface area contributed by atoms with Crippen LogP contribution < -0.4 is 5.43 Å².